The van der Waals surface area contributed by atoms with Gasteiger partial charge in [0, 0.05) is 12.6 Å². The smallest absolute Gasteiger partial charge is 0.190 e. The Balaban J connectivity index is 1.79. The minimum atomic E-state index is -0.516. The van der Waals surface area contributed by atoms with Crippen LogP contribution in [0.4, 0.5) is 10.2 Å². The van der Waals surface area contributed by atoms with Gasteiger partial charge in [-0.1, -0.05) is 37.2 Å². The van der Waals surface area contributed by atoms with Gasteiger partial charge in [0.25, 0.3) is 0 Å². The zero-order valence-electron chi connectivity index (χ0n) is 15.0. The summed E-state index contributed by atoms with van der Waals surface area (Å²) in [6, 6.07) is 0.447. The van der Waals surface area contributed by atoms with Crippen LogP contribution in [0.5, 0.6) is 0 Å². The summed E-state index contributed by atoms with van der Waals surface area (Å²) in [4.78, 5) is 16.3. The normalized spacial score (nSPS) is 29.8. The molecule has 4 atom stereocenters. The van der Waals surface area contributed by atoms with Gasteiger partial charge < -0.3 is 4.90 Å². The Morgan fingerprint density at radius 2 is 2.12 bits per heavy atom. The van der Waals surface area contributed by atoms with E-state index in [2.05, 4.69) is 28.7 Å². The van der Waals surface area contributed by atoms with Crippen LogP contribution in [0.25, 0.3) is 10.9 Å². The van der Waals surface area contributed by atoms with E-state index in [0.717, 1.165) is 41.5 Å². The predicted octanol–water partition coefficient (Wildman–Crippen LogP) is 4.73. The SMILES string of the molecule is CCSc1nc2c3c(nc(Cl)c(F)c3n1)C[C@@H](C)[C@@H]1[C@@H]3CC[C@@H](C3)CN21. The van der Waals surface area contributed by atoms with Crippen molar-refractivity contribution < 1.29 is 4.39 Å². The molecular weight excluding hydrogens is 371 g/mol. The molecule has 0 unspecified atom stereocenters. The number of fused-ring (bicyclic) bond motifs is 5. The van der Waals surface area contributed by atoms with Gasteiger partial charge in [-0.15, -0.1) is 0 Å². The number of piperidine rings is 1. The quantitative estimate of drug-likeness (QED) is 0.420. The molecule has 4 nitrogen and oxygen atoms in total. The molecule has 4 heterocycles. The first kappa shape index (κ1) is 17.0. The summed E-state index contributed by atoms with van der Waals surface area (Å²) in [6.07, 6.45) is 4.71. The standard InChI is InChI=1S/C19H22ClFN4S/c1-3-26-19-23-15-13-12(22-17(20)14(15)21)6-9(2)16-11-5-4-10(7-11)8-25(16)18(13)24-19/h9-11,16H,3-8H2,1-2H3/t9-,10+,11-,16-/m1/s1. The van der Waals surface area contributed by atoms with E-state index in [1.54, 1.807) is 11.8 Å². The second-order valence-electron chi connectivity index (χ2n) is 7.91. The first-order chi connectivity index (χ1) is 12.6. The zero-order valence-corrected chi connectivity index (χ0v) is 16.6. The van der Waals surface area contributed by atoms with Crippen LogP contribution in [0.1, 0.15) is 38.8 Å². The molecule has 0 N–H and O–H groups in total. The third-order valence-corrected chi connectivity index (χ3v) is 7.28. The van der Waals surface area contributed by atoms with Crippen molar-refractivity contribution in [3.63, 3.8) is 0 Å². The molecule has 3 aliphatic rings. The molecule has 0 radical (unpaired) electrons. The molecule has 2 aromatic heterocycles. The Morgan fingerprint density at radius 1 is 1.27 bits per heavy atom. The summed E-state index contributed by atoms with van der Waals surface area (Å²) in [7, 11) is 0. The molecule has 2 aromatic rings. The molecule has 2 bridgehead atoms. The van der Waals surface area contributed by atoms with Gasteiger partial charge >= 0.3 is 0 Å². The van der Waals surface area contributed by atoms with Gasteiger partial charge in [0.1, 0.15) is 11.3 Å². The van der Waals surface area contributed by atoms with Crippen molar-refractivity contribution in [3.8, 4) is 0 Å². The van der Waals surface area contributed by atoms with Gasteiger partial charge in [-0.3, -0.25) is 0 Å². The minimum Gasteiger partial charge on any atom is -0.352 e. The van der Waals surface area contributed by atoms with Crippen LogP contribution in [-0.2, 0) is 6.42 Å². The largest absolute Gasteiger partial charge is 0.352 e. The van der Waals surface area contributed by atoms with Gasteiger partial charge in [-0.2, -0.15) is 0 Å². The highest BCUT2D eigenvalue weighted by atomic mass is 35.5. The number of nitrogens with zero attached hydrogens (tertiary/aromatic N) is 4. The lowest BCUT2D eigenvalue weighted by Gasteiger charge is -2.43. The lowest BCUT2D eigenvalue weighted by Crippen LogP contribution is -2.49. The van der Waals surface area contributed by atoms with Gasteiger partial charge in [-0.05, 0) is 49.2 Å². The van der Waals surface area contributed by atoms with E-state index < -0.39 is 5.82 Å². The topological polar surface area (TPSA) is 41.9 Å². The summed E-state index contributed by atoms with van der Waals surface area (Å²) in [6.45, 7) is 5.36. The fourth-order valence-electron chi connectivity index (χ4n) is 5.39. The fraction of sp³-hybridized carbons (Fsp3) is 0.632. The van der Waals surface area contributed by atoms with Gasteiger partial charge in [0.05, 0.1) is 11.1 Å². The molecule has 0 spiro atoms. The van der Waals surface area contributed by atoms with Crippen molar-refractivity contribution in [1.82, 2.24) is 15.0 Å². The van der Waals surface area contributed by atoms with Crippen LogP contribution in [-0.4, -0.2) is 33.3 Å². The summed E-state index contributed by atoms with van der Waals surface area (Å²) in [5, 5.41) is 1.34. The predicted molar refractivity (Wildman–Crippen MR) is 104 cm³/mol. The molecule has 2 aliphatic heterocycles. The molecule has 138 valence electrons. The summed E-state index contributed by atoms with van der Waals surface area (Å²) in [5.41, 5.74) is 1.19. The highest BCUT2D eigenvalue weighted by Gasteiger charge is 2.45. The average Bonchev–Trinajstić information content (AvgIpc) is 2.94. The van der Waals surface area contributed by atoms with Crippen LogP contribution in [0.2, 0.25) is 5.15 Å². The number of hydrogen-bond acceptors (Lipinski definition) is 5. The molecule has 7 heteroatoms. The van der Waals surface area contributed by atoms with Crippen LogP contribution in [0, 0.1) is 23.6 Å². The Kier molecular flexibility index (Phi) is 4.05. The lowest BCUT2D eigenvalue weighted by molar-refractivity contribution is 0.265. The Labute approximate surface area is 161 Å². The number of pyridine rings is 1. The average molecular weight is 393 g/mol. The van der Waals surface area contributed by atoms with E-state index in [1.807, 2.05) is 0 Å². The minimum absolute atomic E-state index is 0.0711. The van der Waals surface area contributed by atoms with Crippen LogP contribution in [0.15, 0.2) is 5.16 Å². The van der Waals surface area contributed by atoms with E-state index in [-0.39, 0.29) is 5.15 Å². The van der Waals surface area contributed by atoms with E-state index in [1.165, 1.54) is 19.3 Å². The fourth-order valence-corrected chi connectivity index (χ4v) is 6.15. The van der Waals surface area contributed by atoms with E-state index in [4.69, 9.17) is 16.6 Å². The van der Waals surface area contributed by atoms with Crippen molar-refractivity contribution >= 4 is 40.1 Å². The monoisotopic (exact) mass is 392 g/mol. The van der Waals surface area contributed by atoms with Crippen molar-refractivity contribution in [2.45, 2.75) is 50.7 Å². The van der Waals surface area contributed by atoms with Crippen LogP contribution in [0.3, 0.4) is 0 Å². The first-order valence-corrected chi connectivity index (χ1v) is 10.9. The molecule has 2 fully saturated rings. The van der Waals surface area contributed by atoms with Gasteiger partial charge in [-0.25, -0.2) is 19.3 Å². The number of halogens is 2. The van der Waals surface area contributed by atoms with Crippen LogP contribution >= 0.6 is 23.4 Å². The third-order valence-electron chi connectivity index (χ3n) is 6.30. The molecule has 26 heavy (non-hydrogen) atoms. The van der Waals surface area contributed by atoms with E-state index in [0.29, 0.717) is 28.6 Å². The van der Waals surface area contributed by atoms with E-state index in [9.17, 15) is 4.39 Å². The molecule has 1 saturated heterocycles. The molecule has 1 aliphatic carbocycles. The Hall–Kier alpha value is -1.14. The summed E-state index contributed by atoms with van der Waals surface area (Å²) < 4.78 is 14.8. The van der Waals surface area contributed by atoms with Crippen molar-refractivity contribution in [1.29, 1.82) is 0 Å². The molecule has 5 rings (SSSR count). The summed E-state index contributed by atoms with van der Waals surface area (Å²) in [5.74, 6) is 3.08. The number of thioether (sulfide) groups is 1. The third kappa shape index (κ3) is 2.44. The summed E-state index contributed by atoms with van der Waals surface area (Å²) >= 11 is 7.68. The van der Waals surface area contributed by atoms with Crippen molar-refractivity contribution in [3.05, 3.63) is 16.7 Å². The van der Waals surface area contributed by atoms with Gasteiger partial charge in [0.15, 0.2) is 16.1 Å². The van der Waals surface area contributed by atoms with E-state index >= 15 is 0 Å². The van der Waals surface area contributed by atoms with Crippen molar-refractivity contribution in [2.24, 2.45) is 17.8 Å². The molecule has 0 aromatic carbocycles. The maximum atomic E-state index is 14.8. The van der Waals surface area contributed by atoms with Crippen LogP contribution < -0.4 is 4.90 Å². The van der Waals surface area contributed by atoms with Gasteiger partial charge in [0.2, 0.25) is 0 Å². The second-order valence-corrected chi connectivity index (χ2v) is 9.50. The maximum Gasteiger partial charge on any atom is 0.190 e. The molecule has 0 amide bonds. The second kappa shape index (κ2) is 6.20. The first-order valence-electron chi connectivity index (χ1n) is 9.51. The number of hydrogen-bond donors (Lipinski definition) is 0. The number of aromatic nitrogens is 3. The highest BCUT2D eigenvalue weighted by molar-refractivity contribution is 7.99. The Bertz CT molecular complexity index is 892. The number of anilines is 1. The zero-order chi connectivity index (χ0) is 18.0. The molecular formula is C19H22ClFN4S. The van der Waals surface area contributed by atoms with Crippen molar-refractivity contribution in [2.75, 3.05) is 17.2 Å². The lowest BCUT2D eigenvalue weighted by atomic mass is 9.82. The highest BCUT2D eigenvalue weighted by Crippen LogP contribution is 2.48. The number of rotatable bonds is 2. The Morgan fingerprint density at radius 3 is 2.92 bits per heavy atom. The maximum absolute atomic E-state index is 14.8. The molecule has 1 saturated carbocycles.